The van der Waals surface area contributed by atoms with Crippen molar-refractivity contribution in [1.29, 1.82) is 0 Å². The summed E-state index contributed by atoms with van der Waals surface area (Å²) in [5.74, 6) is 0.795. The number of aryl methyl sites for hydroxylation is 1. The van der Waals surface area contributed by atoms with Crippen LogP contribution in [0.3, 0.4) is 0 Å². The predicted molar refractivity (Wildman–Crippen MR) is 84.6 cm³/mol. The number of hydrogen-bond acceptors (Lipinski definition) is 6. The molecular weight excluding hydrogens is 283 g/mol. The smallest absolute Gasteiger partial charge is 0.224 e. The zero-order valence-electron chi connectivity index (χ0n) is 12.0. The molecule has 0 amide bonds. The van der Waals surface area contributed by atoms with Crippen molar-refractivity contribution in [2.24, 2.45) is 0 Å². The van der Waals surface area contributed by atoms with E-state index in [2.05, 4.69) is 20.3 Å². The van der Waals surface area contributed by atoms with Crippen LogP contribution >= 0.6 is 0 Å². The largest absolute Gasteiger partial charge is 0.383 e. The highest BCUT2D eigenvalue weighted by Gasteiger charge is 2.09. The second-order valence-electron chi connectivity index (χ2n) is 4.97. The van der Waals surface area contributed by atoms with Crippen molar-refractivity contribution >= 4 is 28.6 Å². The second kappa shape index (κ2) is 5.44. The first-order valence-electron chi connectivity index (χ1n) is 6.71. The normalized spacial score (nSPS) is 10.8. The summed E-state index contributed by atoms with van der Waals surface area (Å²) in [6.45, 7) is 2.43. The molecule has 5 N–H and O–H groups in total. The molecule has 0 spiro atoms. The molecule has 0 atom stereocenters. The van der Waals surface area contributed by atoms with E-state index in [0.29, 0.717) is 29.2 Å². The van der Waals surface area contributed by atoms with E-state index in [4.69, 9.17) is 11.5 Å². The van der Waals surface area contributed by atoms with E-state index in [0.717, 1.165) is 11.1 Å². The second-order valence-corrected chi connectivity index (χ2v) is 4.97. The van der Waals surface area contributed by atoms with Crippen molar-refractivity contribution in [2.75, 3.05) is 16.8 Å². The van der Waals surface area contributed by atoms with E-state index >= 15 is 0 Å². The number of nitrogen functional groups attached to an aromatic ring is 2. The number of pyridine rings is 1. The van der Waals surface area contributed by atoms with Gasteiger partial charge in [-0.3, -0.25) is 0 Å². The summed E-state index contributed by atoms with van der Waals surface area (Å²) >= 11 is 0. The Labute approximate surface area is 126 Å². The standard InChI is InChI=1S/C15H15FN6/c1-8-6-11(19-7-9-2-4-10(16)5-3-9)20-14-12(8)13(17)21-15(18)22-14/h2-6H,7H2,1H3,(H5,17,18,19,20,21,22). The van der Waals surface area contributed by atoms with Crippen molar-refractivity contribution in [1.82, 2.24) is 15.0 Å². The molecule has 2 heterocycles. The number of fused-ring (bicyclic) bond motifs is 1. The SMILES string of the molecule is Cc1cc(NCc2ccc(F)cc2)nc2nc(N)nc(N)c12. The van der Waals surface area contributed by atoms with Crippen molar-refractivity contribution in [2.45, 2.75) is 13.5 Å². The monoisotopic (exact) mass is 298 g/mol. The minimum atomic E-state index is -0.258. The first-order chi connectivity index (χ1) is 10.5. The van der Waals surface area contributed by atoms with Gasteiger partial charge in [0, 0.05) is 6.54 Å². The molecule has 0 fully saturated rings. The molecule has 0 aliphatic heterocycles. The summed E-state index contributed by atoms with van der Waals surface area (Å²) in [7, 11) is 0. The maximum Gasteiger partial charge on any atom is 0.224 e. The van der Waals surface area contributed by atoms with Crippen LogP contribution in [0.25, 0.3) is 11.0 Å². The molecule has 3 rings (SSSR count). The fourth-order valence-corrected chi connectivity index (χ4v) is 2.25. The first kappa shape index (κ1) is 14.0. The fraction of sp³-hybridized carbons (Fsp3) is 0.133. The summed E-state index contributed by atoms with van der Waals surface area (Å²) in [5, 5.41) is 3.87. The molecule has 6 nitrogen and oxygen atoms in total. The molecular formula is C15H15FN6. The summed E-state index contributed by atoms with van der Waals surface area (Å²) in [5.41, 5.74) is 13.8. The van der Waals surface area contributed by atoms with Gasteiger partial charge in [0.05, 0.1) is 5.39 Å². The number of halogens is 1. The van der Waals surface area contributed by atoms with Crippen LogP contribution < -0.4 is 16.8 Å². The van der Waals surface area contributed by atoms with Gasteiger partial charge in [-0.15, -0.1) is 0 Å². The van der Waals surface area contributed by atoms with Crippen LogP contribution in [0.1, 0.15) is 11.1 Å². The third kappa shape index (κ3) is 2.73. The van der Waals surface area contributed by atoms with E-state index in [1.165, 1.54) is 12.1 Å². The minimum Gasteiger partial charge on any atom is -0.383 e. The average molecular weight is 298 g/mol. The number of hydrogen-bond donors (Lipinski definition) is 3. The topological polar surface area (TPSA) is 103 Å². The zero-order chi connectivity index (χ0) is 15.7. The van der Waals surface area contributed by atoms with Gasteiger partial charge in [-0.25, -0.2) is 9.37 Å². The van der Waals surface area contributed by atoms with Gasteiger partial charge in [0.2, 0.25) is 5.95 Å². The predicted octanol–water partition coefficient (Wildman–Crippen LogP) is 2.25. The Balaban J connectivity index is 1.89. The highest BCUT2D eigenvalue weighted by Crippen LogP contribution is 2.24. The lowest BCUT2D eigenvalue weighted by molar-refractivity contribution is 0.627. The number of benzene rings is 1. The Bertz CT molecular complexity index is 832. The summed E-state index contributed by atoms with van der Waals surface area (Å²) in [6, 6.07) is 8.14. The lowest BCUT2D eigenvalue weighted by Gasteiger charge is -2.10. The number of nitrogens with one attached hydrogen (secondary N) is 1. The van der Waals surface area contributed by atoms with Crippen LogP contribution in [0.2, 0.25) is 0 Å². The summed E-state index contributed by atoms with van der Waals surface area (Å²) in [4.78, 5) is 12.4. The Morgan fingerprint density at radius 2 is 1.82 bits per heavy atom. The van der Waals surface area contributed by atoms with Gasteiger partial charge in [0.25, 0.3) is 0 Å². The molecule has 112 valence electrons. The maximum atomic E-state index is 12.9. The Hall–Kier alpha value is -2.96. The molecule has 7 heteroatoms. The van der Waals surface area contributed by atoms with Crippen molar-refractivity contribution in [3.05, 3.63) is 47.3 Å². The van der Waals surface area contributed by atoms with Crippen LogP contribution in [0.15, 0.2) is 30.3 Å². The molecule has 22 heavy (non-hydrogen) atoms. The first-order valence-corrected chi connectivity index (χ1v) is 6.71. The highest BCUT2D eigenvalue weighted by molar-refractivity contribution is 5.90. The van der Waals surface area contributed by atoms with Crippen molar-refractivity contribution in [3.8, 4) is 0 Å². The number of rotatable bonds is 3. The van der Waals surface area contributed by atoms with Gasteiger partial charge >= 0.3 is 0 Å². The Kier molecular flexibility index (Phi) is 3.46. The summed E-state index contributed by atoms with van der Waals surface area (Å²) in [6.07, 6.45) is 0. The van der Waals surface area contributed by atoms with Crippen LogP contribution in [-0.2, 0) is 6.54 Å². The minimum absolute atomic E-state index is 0.0904. The third-order valence-electron chi connectivity index (χ3n) is 3.30. The van der Waals surface area contributed by atoms with Gasteiger partial charge in [0.15, 0.2) is 5.65 Å². The number of aromatic nitrogens is 3. The highest BCUT2D eigenvalue weighted by atomic mass is 19.1. The number of nitrogens with zero attached hydrogens (tertiary/aromatic N) is 3. The van der Waals surface area contributed by atoms with Gasteiger partial charge in [-0.1, -0.05) is 12.1 Å². The van der Waals surface area contributed by atoms with E-state index in [1.807, 2.05) is 13.0 Å². The van der Waals surface area contributed by atoms with E-state index < -0.39 is 0 Å². The zero-order valence-corrected chi connectivity index (χ0v) is 12.0. The molecule has 0 saturated heterocycles. The van der Waals surface area contributed by atoms with E-state index in [1.54, 1.807) is 12.1 Å². The molecule has 2 aromatic heterocycles. The van der Waals surface area contributed by atoms with Gasteiger partial charge in [0.1, 0.15) is 17.5 Å². The average Bonchev–Trinajstić information content (AvgIpc) is 2.45. The summed E-state index contributed by atoms with van der Waals surface area (Å²) < 4.78 is 12.9. The van der Waals surface area contributed by atoms with E-state index in [-0.39, 0.29) is 11.8 Å². The van der Waals surface area contributed by atoms with Crippen LogP contribution in [0.4, 0.5) is 22.0 Å². The number of anilines is 3. The van der Waals surface area contributed by atoms with Gasteiger partial charge < -0.3 is 16.8 Å². The molecule has 3 aromatic rings. The van der Waals surface area contributed by atoms with Crippen LogP contribution in [0.5, 0.6) is 0 Å². The lowest BCUT2D eigenvalue weighted by atomic mass is 10.2. The van der Waals surface area contributed by atoms with E-state index in [9.17, 15) is 4.39 Å². The molecule has 0 unspecified atom stereocenters. The van der Waals surface area contributed by atoms with Crippen LogP contribution in [0, 0.1) is 12.7 Å². The molecule has 0 aliphatic rings. The van der Waals surface area contributed by atoms with Gasteiger partial charge in [-0.2, -0.15) is 9.97 Å². The molecule has 1 aromatic carbocycles. The fourth-order valence-electron chi connectivity index (χ4n) is 2.25. The molecule has 0 aliphatic carbocycles. The van der Waals surface area contributed by atoms with Crippen molar-refractivity contribution in [3.63, 3.8) is 0 Å². The quantitative estimate of drug-likeness (QED) is 0.685. The van der Waals surface area contributed by atoms with Crippen LogP contribution in [-0.4, -0.2) is 15.0 Å². The molecule has 0 radical (unpaired) electrons. The van der Waals surface area contributed by atoms with Crippen molar-refractivity contribution < 1.29 is 4.39 Å². The Morgan fingerprint density at radius 1 is 1.09 bits per heavy atom. The third-order valence-corrected chi connectivity index (χ3v) is 3.30. The van der Waals surface area contributed by atoms with Gasteiger partial charge in [-0.05, 0) is 36.2 Å². The lowest BCUT2D eigenvalue weighted by Crippen LogP contribution is -2.06. The Morgan fingerprint density at radius 3 is 2.55 bits per heavy atom. The molecule has 0 saturated carbocycles. The molecule has 0 bridgehead atoms. The maximum absolute atomic E-state index is 12.9. The number of nitrogens with two attached hydrogens (primary N) is 2.